The lowest BCUT2D eigenvalue weighted by atomic mass is 10.1. The van der Waals surface area contributed by atoms with Crippen LogP contribution >= 0.6 is 0 Å². The van der Waals surface area contributed by atoms with Crippen LogP contribution in [0.5, 0.6) is 0 Å². The van der Waals surface area contributed by atoms with Gasteiger partial charge in [-0.2, -0.15) is 0 Å². The van der Waals surface area contributed by atoms with E-state index in [9.17, 15) is 18.8 Å². The minimum absolute atomic E-state index is 0.0242. The maximum Gasteiger partial charge on any atom is 0.170 e. The molecule has 2 rings (SSSR count). The zero-order valence-corrected chi connectivity index (χ0v) is 13.5. The van der Waals surface area contributed by atoms with Crippen LogP contribution < -0.4 is 4.57 Å². The Morgan fingerprint density at radius 3 is 2.08 bits per heavy atom. The van der Waals surface area contributed by atoms with Gasteiger partial charge in [0.05, 0.1) is 6.42 Å². The Morgan fingerprint density at radius 2 is 1.50 bits per heavy atom. The number of Topliss-reactive ketones (excluding diaryl/α,β-unsaturated/α-hetero) is 3. The Kier molecular flexibility index (Phi) is 6.07. The highest BCUT2D eigenvalue weighted by Crippen LogP contribution is 2.07. The molecule has 1 heterocycles. The SMILES string of the molecule is CC(=O)CC(=O)c1cc[n+](CCCC(=O)c2ccc(F)cc2)cc1. The van der Waals surface area contributed by atoms with E-state index in [4.69, 9.17) is 0 Å². The van der Waals surface area contributed by atoms with E-state index in [1.54, 1.807) is 24.5 Å². The van der Waals surface area contributed by atoms with Crippen molar-refractivity contribution in [1.29, 1.82) is 0 Å². The second-order valence-electron chi connectivity index (χ2n) is 5.66. The zero-order chi connectivity index (χ0) is 17.5. The van der Waals surface area contributed by atoms with E-state index in [0.29, 0.717) is 30.5 Å². The van der Waals surface area contributed by atoms with E-state index in [0.717, 1.165) is 0 Å². The van der Waals surface area contributed by atoms with Crippen molar-refractivity contribution in [2.75, 3.05) is 0 Å². The second-order valence-corrected chi connectivity index (χ2v) is 5.66. The normalized spacial score (nSPS) is 10.4. The maximum atomic E-state index is 12.8. The number of halogens is 1. The van der Waals surface area contributed by atoms with Crippen LogP contribution in [0.25, 0.3) is 0 Å². The minimum atomic E-state index is -0.360. The van der Waals surface area contributed by atoms with E-state index in [1.165, 1.54) is 31.2 Å². The van der Waals surface area contributed by atoms with Gasteiger partial charge in [0, 0.05) is 36.1 Å². The molecule has 0 spiro atoms. The summed E-state index contributed by atoms with van der Waals surface area (Å²) in [4.78, 5) is 34.7. The van der Waals surface area contributed by atoms with Crippen molar-refractivity contribution in [2.24, 2.45) is 0 Å². The van der Waals surface area contributed by atoms with Gasteiger partial charge in [0.1, 0.15) is 18.1 Å². The first-order valence-electron chi connectivity index (χ1n) is 7.76. The highest BCUT2D eigenvalue weighted by molar-refractivity contribution is 6.07. The molecule has 24 heavy (non-hydrogen) atoms. The van der Waals surface area contributed by atoms with Crippen LogP contribution in [-0.2, 0) is 11.3 Å². The first-order valence-corrected chi connectivity index (χ1v) is 7.76. The molecule has 0 aliphatic heterocycles. The number of pyridine rings is 1. The molecule has 0 bridgehead atoms. The first-order chi connectivity index (χ1) is 11.5. The second kappa shape index (κ2) is 8.24. The molecule has 5 heteroatoms. The summed E-state index contributed by atoms with van der Waals surface area (Å²) in [7, 11) is 0. The Morgan fingerprint density at radius 1 is 0.917 bits per heavy atom. The fourth-order valence-corrected chi connectivity index (χ4v) is 2.32. The molecule has 0 aliphatic rings. The highest BCUT2D eigenvalue weighted by atomic mass is 19.1. The molecule has 0 saturated heterocycles. The molecule has 0 saturated carbocycles. The number of hydrogen-bond acceptors (Lipinski definition) is 3. The molecule has 124 valence electrons. The summed E-state index contributed by atoms with van der Waals surface area (Å²) >= 11 is 0. The van der Waals surface area contributed by atoms with E-state index >= 15 is 0 Å². The fourth-order valence-electron chi connectivity index (χ4n) is 2.32. The average molecular weight is 328 g/mol. The quantitative estimate of drug-likeness (QED) is 0.425. The molecule has 0 radical (unpaired) electrons. The standard InChI is InChI=1S/C19H19FNO3/c1-14(22)13-19(24)16-8-11-21(12-9-16)10-2-3-18(23)15-4-6-17(20)7-5-15/h4-9,11-12H,2-3,10,13H2,1H3/q+1. The highest BCUT2D eigenvalue weighted by Gasteiger charge is 2.11. The Hall–Kier alpha value is -2.69. The molecule has 0 aliphatic carbocycles. The maximum absolute atomic E-state index is 12.8. The number of aryl methyl sites for hydroxylation is 1. The van der Waals surface area contributed by atoms with Gasteiger partial charge in [0.25, 0.3) is 0 Å². The average Bonchev–Trinajstić information content (AvgIpc) is 2.55. The van der Waals surface area contributed by atoms with Crippen molar-refractivity contribution in [3.63, 3.8) is 0 Å². The zero-order valence-electron chi connectivity index (χ0n) is 13.5. The van der Waals surface area contributed by atoms with Crippen LogP contribution in [0.2, 0.25) is 0 Å². The number of carbonyl (C=O) groups is 3. The summed E-state index contributed by atoms with van der Waals surface area (Å²) in [5.74, 6) is -0.734. The van der Waals surface area contributed by atoms with Crippen molar-refractivity contribution >= 4 is 17.3 Å². The van der Waals surface area contributed by atoms with Crippen LogP contribution in [0.4, 0.5) is 4.39 Å². The summed E-state index contributed by atoms with van der Waals surface area (Å²) in [5, 5.41) is 0. The number of aromatic nitrogens is 1. The lowest BCUT2D eigenvalue weighted by Crippen LogP contribution is -2.33. The molecule has 0 atom stereocenters. The molecule has 2 aromatic rings. The van der Waals surface area contributed by atoms with Gasteiger partial charge in [-0.25, -0.2) is 8.96 Å². The van der Waals surface area contributed by atoms with E-state index in [-0.39, 0.29) is 29.6 Å². The Labute approximate surface area is 139 Å². The Bertz CT molecular complexity index is 736. The van der Waals surface area contributed by atoms with Gasteiger partial charge in [-0.3, -0.25) is 14.4 Å². The van der Waals surface area contributed by atoms with E-state index in [2.05, 4.69) is 0 Å². The monoisotopic (exact) mass is 328 g/mol. The minimum Gasteiger partial charge on any atom is -0.300 e. The van der Waals surface area contributed by atoms with Crippen molar-refractivity contribution in [3.8, 4) is 0 Å². The number of rotatable bonds is 8. The first kappa shape index (κ1) is 17.7. The number of nitrogens with zero attached hydrogens (tertiary/aromatic N) is 1. The summed E-state index contributed by atoms with van der Waals surface area (Å²) < 4.78 is 14.7. The third-order valence-corrected chi connectivity index (χ3v) is 3.61. The molecular formula is C19H19FNO3+. The third-order valence-electron chi connectivity index (χ3n) is 3.61. The fraction of sp³-hybridized carbons (Fsp3) is 0.263. The van der Waals surface area contributed by atoms with Crippen molar-refractivity contribution in [1.82, 2.24) is 0 Å². The molecule has 0 fully saturated rings. The molecule has 1 aromatic heterocycles. The van der Waals surface area contributed by atoms with Gasteiger partial charge in [0.2, 0.25) is 0 Å². The molecule has 4 nitrogen and oxygen atoms in total. The van der Waals surface area contributed by atoms with Crippen molar-refractivity contribution in [2.45, 2.75) is 32.7 Å². The van der Waals surface area contributed by atoms with Gasteiger partial charge in [-0.15, -0.1) is 0 Å². The predicted molar refractivity (Wildman–Crippen MR) is 86.2 cm³/mol. The van der Waals surface area contributed by atoms with Gasteiger partial charge in [-0.1, -0.05) is 0 Å². The smallest absolute Gasteiger partial charge is 0.170 e. The number of hydrogen-bond donors (Lipinski definition) is 0. The lowest BCUT2D eigenvalue weighted by molar-refractivity contribution is -0.697. The van der Waals surface area contributed by atoms with E-state index in [1.807, 2.05) is 4.57 Å². The molecule has 0 N–H and O–H groups in total. The van der Waals surface area contributed by atoms with Gasteiger partial charge in [-0.05, 0) is 31.2 Å². The molecular weight excluding hydrogens is 309 g/mol. The molecule has 1 aromatic carbocycles. The summed E-state index contributed by atoms with van der Waals surface area (Å²) in [6.45, 7) is 2.02. The van der Waals surface area contributed by atoms with Crippen LogP contribution in [-0.4, -0.2) is 17.3 Å². The summed E-state index contributed by atoms with van der Waals surface area (Å²) in [5.41, 5.74) is 1.01. The van der Waals surface area contributed by atoms with Gasteiger partial charge < -0.3 is 0 Å². The van der Waals surface area contributed by atoms with E-state index < -0.39 is 0 Å². The third kappa shape index (κ3) is 5.19. The van der Waals surface area contributed by atoms with Crippen LogP contribution in [0.15, 0.2) is 48.8 Å². The Balaban J connectivity index is 1.84. The lowest BCUT2D eigenvalue weighted by Gasteiger charge is -2.01. The molecule has 0 amide bonds. The topological polar surface area (TPSA) is 55.1 Å². The van der Waals surface area contributed by atoms with Gasteiger partial charge in [0.15, 0.2) is 24.0 Å². The van der Waals surface area contributed by atoms with Gasteiger partial charge >= 0.3 is 0 Å². The van der Waals surface area contributed by atoms with Crippen LogP contribution in [0.1, 0.15) is 46.9 Å². The number of carbonyl (C=O) groups excluding carboxylic acids is 3. The molecule has 0 unspecified atom stereocenters. The summed E-state index contributed by atoms with van der Waals surface area (Å²) in [6, 6.07) is 8.87. The summed E-state index contributed by atoms with van der Waals surface area (Å²) in [6.07, 6.45) is 4.44. The predicted octanol–water partition coefficient (Wildman–Crippen LogP) is 2.94. The largest absolute Gasteiger partial charge is 0.300 e. The van der Waals surface area contributed by atoms with Crippen molar-refractivity contribution in [3.05, 3.63) is 65.7 Å². The number of benzene rings is 1. The van der Waals surface area contributed by atoms with Crippen molar-refractivity contribution < 1.29 is 23.3 Å². The van der Waals surface area contributed by atoms with Crippen LogP contribution in [0, 0.1) is 5.82 Å². The van der Waals surface area contributed by atoms with Crippen LogP contribution in [0.3, 0.4) is 0 Å². The number of ketones is 3.